The number of Topliss-reactive ketones (excluding diaryl/α,β-unsaturated/α-hetero) is 1. The first-order valence-corrected chi connectivity index (χ1v) is 14.6. The molecule has 2 aliphatic rings. The van der Waals surface area contributed by atoms with Crippen molar-refractivity contribution in [2.24, 2.45) is 5.92 Å². The van der Waals surface area contributed by atoms with Crippen LogP contribution in [0.1, 0.15) is 59.0 Å². The van der Waals surface area contributed by atoms with E-state index in [9.17, 15) is 27.9 Å². The van der Waals surface area contributed by atoms with E-state index in [4.69, 9.17) is 11.6 Å². The molecule has 0 radical (unpaired) electrons. The highest BCUT2D eigenvalue weighted by Gasteiger charge is 2.46. The maximum Gasteiger partial charge on any atom is 0.404 e. The molecular formula is C29H33ClF3N5O3S. The lowest BCUT2D eigenvalue weighted by Crippen LogP contribution is -2.40. The molecule has 8 nitrogen and oxygen atoms in total. The summed E-state index contributed by atoms with van der Waals surface area (Å²) in [6, 6.07) is 3.91. The zero-order chi connectivity index (χ0) is 29.3. The van der Waals surface area contributed by atoms with Crippen molar-refractivity contribution in [2.75, 3.05) is 24.5 Å². The van der Waals surface area contributed by atoms with Gasteiger partial charge < -0.3 is 10.0 Å². The number of carbonyl (C=O) groups is 2. The Kier molecular flexibility index (Phi) is 9.89. The Labute approximate surface area is 251 Å². The number of nitrogens with zero attached hydrogens (tertiary/aromatic N) is 5. The second-order valence-electron chi connectivity index (χ2n) is 10.5. The molecule has 13 heteroatoms. The number of hydrogen-bond acceptors (Lipinski definition) is 8. The Morgan fingerprint density at radius 2 is 1.86 bits per heavy atom. The number of aromatic nitrogens is 3. The predicted octanol–water partition coefficient (Wildman–Crippen LogP) is 6.45. The molecule has 42 heavy (non-hydrogen) atoms. The number of aliphatic carboxylic acids is 1. The van der Waals surface area contributed by atoms with Gasteiger partial charge in [0.2, 0.25) is 0 Å². The van der Waals surface area contributed by atoms with E-state index in [2.05, 4.69) is 15.0 Å². The second kappa shape index (κ2) is 13.0. The van der Waals surface area contributed by atoms with Gasteiger partial charge in [-0.3, -0.25) is 14.5 Å². The van der Waals surface area contributed by atoms with Crippen LogP contribution in [0.5, 0.6) is 0 Å². The average molecular weight is 624 g/mol. The molecule has 0 unspecified atom stereocenters. The van der Waals surface area contributed by atoms with Crippen LogP contribution in [0.4, 0.5) is 19.0 Å². The fourth-order valence-electron chi connectivity index (χ4n) is 5.33. The number of hydrogen-bond donors (Lipinski definition) is 1. The minimum Gasteiger partial charge on any atom is -0.481 e. The number of likely N-dealkylation sites (tertiary alicyclic amines) is 1. The molecule has 1 aromatic carbocycles. The molecule has 2 aromatic heterocycles. The lowest BCUT2D eigenvalue weighted by Gasteiger charge is -2.30. The summed E-state index contributed by atoms with van der Waals surface area (Å²) in [4.78, 5) is 41.7. The first-order chi connectivity index (χ1) is 19.5. The van der Waals surface area contributed by atoms with Gasteiger partial charge in [0.15, 0.2) is 5.78 Å². The quantitative estimate of drug-likeness (QED) is 0.286. The van der Waals surface area contributed by atoms with Gasteiger partial charge in [-0.1, -0.05) is 31.2 Å². The van der Waals surface area contributed by atoms with Crippen molar-refractivity contribution in [1.29, 1.82) is 0 Å². The van der Waals surface area contributed by atoms with Crippen molar-refractivity contribution in [3.8, 4) is 11.3 Å². The van der Waals surface area contributed by atoms with Crippen LogP contribution in [-0.2, 0) is 17.8 Å². The van der Waals surface area contributed by atoms with Crippen LogP contribution < -0.4 is 4.90 Å². The van der Waals surface area contributed by atoms with Crippen molar-refractivity contribution in [2.45, 2.75) is 65.2 Å². The van der Waals surface area contributed by atoms with Crippen LogP contribution in [0.25, 0.3) is 11.3 Å². The summed E-state index contributed by atoms with van der Waals surface area (Å²) in [5, 5.41) is 10.2. The Morgan fingerprint density at radius 1 is 1.12 bits per heavy atom. The van der Waals surface area contributed by atoms with Crippen molar-refractivity contribution in [1.82, 2.24) is 19.9 Å². The van der Waals surface area contributed by atoms with Gasteiger partial charge in [-0.15, -0.1) is 11.3 Å². The minimum absolute atomic E-state index is 0. The Balaban J connectivity index is 0.00000405. The molecule has 0 amide bonds. The standard InChI is InChI=1S/C28H29ClF3N5O3S.CH4/c1-16-4-5-18(11-19(16)29)26-22(15-37-8-2-3-23(37)28(30,31)32)41-25(35-26)12-21(38)20-13-34-24(14-33-20)36-9-6-17(7-10-36)27(39)40;/h4-5,11,13-14,17,23H,2-3,6-10,12,15H2,1H3,(H,39,40);1H4/t23-;/m0./s1. The second-order valence-corrected chi connectivity index (χ2v) is 12.0. The summed E-state index contributed by atoms with van der Waals surface area (Å²) >= 11 is 7.57. The zero-order valence-corrected chi connectivity index (χ0v) is 23.9. The van der Waals surface area contributed by atoms with Crippen LogP contribution in [0.2, 0.25) is 5.02 Å². The molecule has 3 aromatic rings. The normalized spacial score (nSPS) is 18.2. The van der Waals surface area contributed by atoms with Crippen molar-refractivity contribution in [3.05, 3.63) is 56.8 Å². The van der Waals surface area contributed by atoms with Crippen molar-refractivity contribution >= 4 is 40.5 Å². The van der Waals surface area contributed by atoms with E-state index in [1.165, 1.54) is 28.6 Å². The van der Waals surface area contributed by atoms with E-state index in [0.29, 0.717) is 70.9 Å². The van der Waals surface area contributed by atoms with Crippen LogP contribution in [0, 0.1) is 12.8 Å². The summed E-state index contributed by atoms with van der Waals surface area (Å²) in [7, 11) is 0. The Bertz CT molecular complexity index is 1420. The smallest absolute Gasteiger partial charge is 0.404 e. The minimum atomic E-state index is -4.32. The van der Waals surface area contributed by atoms with Crippen LogP contribution in [0.3, 0.4) is 0 Å². The number of carboxylic acid groups (broad SMARTS) is 1. The molecule has 4 heterocycles. The summed E-state index contributed by atoms with van der Waals surface area (Å²) in [6.07, 6.45) is 0.0693. The Hall–Kier alpha value is -3.09. The third-order valence-electron chi connectivity index (χ3n) is 7.68. The highest BCUT2D eigenvalue weighted by atomic mass is 35.5. The number of aryl methyl sites for hydroxylation is 1. The van der Waals surface area contributed by atoms with Gasteiger partial charge in [0.05, 0.1) is 30.4 Å². The molecule has 0 aliphatic carbocycles. The molecule has 1 atom stereocenters. The van der Waals surface area contributed by atoms with Gasteiger partial charge in [0, 0.05) is 35.1 Å². The van der Waals surface area contributed by atoms with Gasteiger partial charge in [-0.2, -0.15) is 13.2 Å². The molecule has 0 spiro atoms. The van der Waals surface area contributed by atoms with Gasteiger partial charge in [-0.05, 0) is 50.8 Å². The number of benzene rings is 1. The van der Waals surface area contributed by atoms with Gasteiger partial charge in [0.1, 0.15) is 22.6 Å². The van der Waals surface area contributed by atoms with E-state index in [1.807, 2.05) is 24.0 Å². The maximum absolute atomic E-state index is 13.6. The number of halogens is 4. The molecule has 0 saturated carbocycles. The number of carboxylic acids is 1. The predicted molar refractivity (Wildman–Crippen MR) is 156 cm³/mol. The number of thiazole rings is 1. The average Bonchev–Trinajstić information content (AvgIpc) is 3.57. The third kappa shape index (κ3) is 7.09. The third-order valence-corrected chi connectivity index (χ3v) is 9.13. The number of carbonyl (C=O) groups excluding carboxylic acids is 1. The molecule has 0 bridgehead atoms. The van der Waals surface area contributed by atoms with Crippen LogP contribution in [-0.4, -0.2) is 68.6 Å². The van der Waals surface area contributed by atoms with Crippen LogP contribution >= 0.6 is 22.9 Å². The largest absolute Gasteiger partial charge is 0.481 e. The first kappa shape index (κ1) is 31.8. The summed E-state index contributed by atoms with van der Waals surface area (Å²) in [5.74, 6) is -0.896. The molecule has 2 saturated heterocycles. The van der Waals surface area contributed by atoms with E-state index < -0.39 is 18.2 Å². The molecule has 5 rings (SSSR count). The highest BCUT2D eigenvalue weighted by Crippen LogP contribution is 2.37. The van der Waals surface area contributed by atoms with Crippen molar-refractivity contribution < 1.29 is 27.9 Å². The van der Waals surface area contributed by atoms with E-state index in [1.54, 1.807) is 6.07 Å². The maximum atomic E-state index is 13.6. The number of anilines is 1. The Morgan fingerprint density at radius 3 is 2.48 bits per heavy atom. The highest BCUT2D eigenvalue weighted by molar-refractivity contribution is 7.12. The van der Waals surface area contributed by atoms with E-state index in [0.717, 1.165) is 5.56 Å². The lowest BCUT2D eigenvalue weighted by molar-refractivity contribution is -0.177. The zero-order valence-electron chi connectivity index (χ0n) is 22.3. The summed E-state index contributed by atoms with van der Waals surface area (Å²) in [5.41, 5.74) is 2.23. The monoisotopic (exact) mass is 623 g/mol. The fraction of sp³-hybridized carbons (Fsp3) is 0.483. The van der Waals surface area contributed by atoms with Gasteiger partial charge in [0.25, 0.3) is 0 Å². The molecule has 226 valence electrons. The topological polar surface area (TPSA) is 99.5 Å². The molecule has 2 aliphatic heterocycles. The van der Waals surface area contributed by atoms with E-state index >= 15 is 0 Å². The van der Waals surface area contributed by atoms with Crippen LogP contribution in [0.15, 0.2) is 30.6 Å². The van der Waals surface area contributed by atoms with Gasteiger partial charge >= 0.3 is 12.1 Å². The SMILES string of the molecule is C.Cc1ccc(-c2nc(CC(=O)c3cnc(N4CCC(C(=O)O)CC4)cn3)sc2CN2CCC[C@H]2C(F)(F)F)cc1Cl. The molecule has 2 fully saturated rings. The number of rotatable bonds is 8. The van der Waals surface area contributed by atoms with Gasteiger partial charge in [-0.25, -0.2) is 15.0 Å². The van der Waals surface area contributed by atoms with Crippen molar-refractivity contribution in [3.63, 3.8) is 0 Å². The number of piperidine rings is 1. The molecular weight excluding hydrogens is 591 g/mol. The van der Waals surface area contributed by atoms with E-state index in [-0.39, 0.29) is 44.2 Å². The molecule has 1 N–H and O–H groups in total. The summed E-state index contributed by atoms with van der Waals surface area (Å²) in [6.45, 7) is 3.35. The fourth-order valence-corrected chi connectivity index (χ4v) is 6.63. The number of alkyl halides is 3. The first-order valence-electron chi connectivity index (χ1n) is 13.4. The number of ketones is 1. The summed E-state index contributed by atoms with van der Waals surface area (Å²) < 4.78 is 40.9. The lowest BCUT2D eigenvalue weighted by atomic mass is 9.97.